The Bertz CT molecular complexity index is 2210. The van der Waals surface area contributed by atoms with Crippen molar-refractivity contribution < 1.29 is 0 Å². The minimum Gasteiger partial charge on any atom is -0.318 e. The second-order valence-electron chi connectivity index (χ2n) is 12.6. The molecule has 6 aromatic rings. The SMILES string of the molecule is C1=Cc2c(-c3ccc(-c4ccc5c(c4)C4c6ccccc6C=NC4N5c4ccccc4)cc3)ccc3c2C(C1)c1ccccc1-3. The van der Waals surface area contributed by atoms with Crippen LogP contribution in [0.2, 0.25) is 0 Å². The van der Waals surface area contributed by atoms with Crippen molar-refractivity contribution in [1.82, 2.24) is 0 Å². The van der Waals surface area contributed by atoms with Crippen LogP contribution >= 0.6 is 0 Å². The molecule has 0 amide bonds. The molecule has 6 aromatic carbocycles. The number of hydrogen-bond acceptors (Lipinski definition) is 2. The van der Waals surface area contributed by atoms with E-state index in [2.05, 4.69) is 157 Å². The maximum absolute atomic E-state index is 5.11. The van der Waals surface area contributed by atoms with Crippen molar-refractivity contribution >= 4 is 23.7 Å². The van der Waals surface area contributed by atoms with E-state index in [1.807, 2.05) is 0 Å². The summed E-state index contributed by atoms with van der Waals surface area (Å²) in [4.78, 5) is 7.53. The fourth-order valence-electron chi connectivity index (χ4n) is 8.37. The Morgan fingerprint density at radius 1 is 0.578 bits per heavy atom. The molecule has 10 rings (SSSR count). The molecule has 0 spiro atoms. The third kappa shape index (κ3) is 3.60. The highest BCUT2D eigenvalue weighted by molar-refractivity contribution is 5.91. The van der Waals surface area contributed by atoms with Gasteiger partial charge in [0.1, 0.15) is 6.17 Å². The van der Waals surface area contributed by atoms with Gasteiger partial charge < -0.3 is 4.90 Å². The number of para-hydroxylation sites is 1. The first kappa shape index (κ1) is 24.9. The number of allylic oxidation sites excluding steroid dienone is 1. The van der Waals surface area contributed by atoms with Crippen LogP contribution in [0.3, 0.4) is 0 Å². The van der Waals surface area contributed by atoms with Gasteiger partial charge in [0.15, 0.2) is 0 Å². The molecular formula is C43H30N2. The molecule has 0 saturated heterocycles. The fraction of sp³-hybridized carbons (Fsp3) is 0.0930. The van der Waals surface area contributed by atoms with E-state index < -0.39 is 0 Å². The molecule has 212 valence electrons. The van der Waals surface area contributed by atoms with Gasteiger partial charge in [-0.3, -0.25) is 4.99 Å². The largest absolute Gasteiger partial charge is 0.318 e. The fourth-order valence-corrected chi connectivity index (χ4v) is 8.37. The average molecular weight is 575 g/mol. The van der Waals surface area contributed by atoms with Gasteiger partial charge in [-0.05, 0) is 97.4 Å². The van der Waals surface area contributed by atoms with Crippen LogP contribution in [-0.4, -0.2) is 12.4 Å². The Balaban J connectivity index is 1.05. The lowest BCUT2D eigenvalue weighted by molar-refractivity contribution is 0.640. The zero-order valence-electron chi connectivity index (χ0n) is 24.8. The van der Waals surface area contributed by atoms with Crippen LogP contribution in [0.15, 0.2) is 145 Å². The molecular weight excluding hydrogens is 544 g/mol. The molecule has 2 aliphatic heterocycles. The van der Waals surface area contributed by atoms with E-state index >= 15 is 0 Å². The summed E-state index contributed by atoms with van der Waals surface area (Å²) in [7, 11) is 0. The van der Waals surface area contributed by atoms with E-state index in [4.69, 9.17) is 4.99 Å². The first-order valence-corrected chi connectivity index (χ1v) is 16.0. The van der Waals surface area contributed by atoms with Crippen molar-refractivity contribution in [3.63, 3.8) is 0 Å². The zero-order valence-corrected chi connectivity index (χ0v) is 24.8. The van der Waals surface area contributed by atoms with Gasteiger partial charge in [0.25, 0.3) is 0 Å². The second kappa shape index (κ2) is 9.51. The predicted molar refractivity (Wildman–Crippen MR) is 186 cm³/mol. The standard InChI is InChI=1S/C43H30N2/c1-2-10-31(11-3-1)45-40-24-21-29(25-39(40)42-33-12-5-4-9-30(33)26-44-43(42)45)27-17-19-28(20-18-27)32-22-23-38-35-14-7-6-13-34(35)37-16-8-15-36(32)41(37)38/h1-15,17-26,37,42-43H,16H2. The summed E-state index contributed by atoms with van der Waals surface area (Å²) in [6, 6.07) is 49.2. The van der Waals surface area contributed by atoms with Crippen molar-refractivity contribution in [2.75, 3.05) is 4.90 Å². The monoisotopic (exact) mass is 574 g/mol. The molecule has 0 N–H and O–H groups in total. The van der Waals surface area contributed by atoms with Crippen LogP contribution < -0.4 is 4.90 Å². The lowest BCUT2D eigenvalue weighted by Gasteiger charge is -2.30. The van der Waals surface area contributed by atoms with Gasteiger partial charge >= 0.3 is 0 Å². The van der Waals surface area contributed by atoms with Crippen LogP contribution in [0.25, 0.3) is 39.5 Å². The van der Waals surface area contributed by atoms with Crippen molar-refractivity contribution in [3.8, 4) is 33.4 Å². The van der Waals surface area contributed by atoms with Crippen LogP contribution in [0.4, 0.5) is 11.4 Å². The third-order valence-corrected chi connectivity index (χ3v) is 10.4. The molecule has 0 aromatic heterocycles. The molecule has 0 fully saturated rings. The van der Waals surface area contributed by atoms with Gasteiger partial charge in [0, 0.05) is 23.5 Å². The molecule has 4 aliphatic rings. The number of nitrogens with zero attached hydrogens (tertiary/aromatic N) is 2. The van der Waals surface area contributed by atoms with Crippen molar-refractivity contribution in [1.29, 1.82) is 0 Å². The molecule has 0 bridgehead atoms. The lowest BCUT2D eigenvalue weighted by atomic mass is 9.82. The van der Waals surface area contributed by atoms with Crippen LogP contribution in [0.1, 0.15) is 51.6 Å². The molecule has 2 heterocycles. The Hall–Kier alpha value is -5.47. The van der Waals surface area contributed by atoms with Gasteiger partial charge in [-0.15, -0.1) is 0 Å². The van der Waals surface area contributed by atoms with Gasteiger partial charge in [-0.1, -0.05) is 121 Å². The second-order valence-corrected chi connectivity index (χ2v) is 12.6. The molecule has 3 unspecified atom stereocenters. The molecule has 2 aliphatic carbocycles. The Morgan fingerprint density at radius 3 is 2.20 bits per heavy atom. The van der Waals surface area contributed by atoms with Crippen LogP contribution in [-0.2, 0) is 0 Å². The average Bonchev–Trinajstić information content (AvgIpc) is 3.63. The Labute approximate surface area is 263 Å². The highest BCUT2D eigenvalue weighted by Gasteiger charge is 2.42. The summed E-state index contributed by atoms with van der Waals surface area (Å²) in [5.74, 6) is 0.652. The van der Waals surface area contributed by atoms with E-state index in [9.17, 15) is 0 Å². The van der Waals surface area contributed by atoms with Gasteiger partial charge in [0.2, 0.25) is 0 Å². The van der Waals surface area contributed by atoms with Crippen LogP contribution in [0.5, 0.6) is 0 Å². The van der Waals surface area contributed by atoms with Crippen molar-refractivity contribution in [3.05, 3.63) is 173 Å². The summed E-state index contributed by atoms with van der Waals surface area (Å²) in [5, 5.41) is 0. The third-order valence-electron chi connectivity index (χ3n) is 10.4. The normalized spacial score (nSPS) is 19.5. The molecule has 0 radical (unpaired) electrons. The van der Waals surface area contributed by atoms with Gasteiger partial charge in [0.05, 0.1) is 5.92 Å². The zero-order chi connectivity index (χ0) is 29.5. The maximum Gasteiger partial charge on any atom is 0.136 e. The van der Waals surface area contributed by atoms with E-state index in [1.165, 1.54) is 78.1 Å². The summed E-state index contributed by atoms with van der Waals surface area (Å²) >= 11 is 0. The van der Waals surface area contributed by atoms with E-state index in [0.29, 0.717) is 5.92 Å². The predicted octanol–water partition coefficient (Wildman–Crippen LogP) is 10.6. The molecule has 3 atom stereocenters. The number of fused-ring (bicyclic) bond motifs is 8. The molecule has 2 nitrogen and oxygen atoms in total. The topological polar surface area (TPSA) is 15.6 Å². The van der Waals surface area contributed by atoms with Gasteiger partial charge in [-0.25, -0.2) is 0 Å². The number of anilines is 2. The highest BCUT2D eigenvalue weighted by Crippen LogP contribution is 2.53. The minimum atomic E-state index is 0.00901. The van der Waals surface area contributed by atoms with E-state index in [1.54, 1.807) is 0 Å². The smallest absolute Gasteiger partial charge is 0.136 e. The minimum absolute atomic E-state index is 0.00901. The highest BCUT2D eigenvalue weighted by atomic mass is 15.3. The first-order valence-electron chi connectivity index (χ1n) is 16.0. The van der Waals surface area contributed by atoms with Gasteiger partial charge in [-0.2, -0.15) is 0 Å². The quantitative estimate of drug-likeness (QED) is 0.205. The molecule has 2 heteroatoms. The number of benzene rings is 6. The van der Waals surface area contributed by atoms with Crippen LogP contribution in [0, 0.1) is 0 Å². The van der Waals surface area contributed by atoms with Crippen molar-refractivity contribution in [2.45, 2.75) is 24.4 Å². The molecule has 0 saturated carbocycles. The number of rotatable bonds is 3. The first-order chi connectivity index (χ1) is 22.3. The lowest BCUT2D eigenvalue weighted by Crippen LogP contribution is -2.31. The maximum atomic E-state index is 5.11. The summed E-state index contributed by atoms with van der Waals surface area (Å²) in [6.07, 6.45) is 7.86. The van der Waals surface area contributed by atoms with E-state index in [-0.39, 0.29) is 12.1 Å². The summed E-state index contributed by atoms with van der Waals surface area (Å²) in [5.41, 5.74) is 18.6. The summed E-state index contributed by atoms with van der Waals surface area (Å²) in [6.45, 7) is 0. The summed E-state index contributed by atoms with van der Waals surface area (Å²) < 4.78 is 0. The van der Waals surface area contributed by atoms with Crippen molar-refractivity contribution in [2.24, 2.45) is 4.99 Å². The number of aliphatic imine (C=N–C) groups is 1. The molecule has 45 heavy (non-hydrogen) atoms. The number of hydrogen-bond donors (Lipinski definition) is 0. The Kier molecular flexibility index (Phi) is 5.27. The Morgan fingerprint density at radius 2 is 1.31 bits per heavy atom. The van der Waals surface area contributed by atoms with E-state index in [0.717, 1.165) is 6.42 Å².